The van der Waals surface area contributed by atoms with Crippen LogP contribution in [0.4, 0.5) is 0 Å². The van der Waals surface area contributed by atoms with Crippen molar-refractivity contribution in [3.05, 3.63) is 91.1 Å². The van der Waals surface area contributed by atoms with Gasteiger partial charge in [0.1, 0.15) is 0 Å². The number of thiophene rings is 1. The van der Waals surface area contributed by atoms with Gasteiger partial charge in [-0.1, -0.05) is 51.8 Å². The quantitative estimate of drug-likeness (QED) is 0.209. The third-order valence-corrected chi connectivity index (χ3v) is 5.89. The number of aryl methyl sites for hydroxylation is 1. The molecule has 1 aliphatic carbocycles. The van der Waals surface area contributed by atoms with Crippen molar-refractivity contribution in [2.45, 2.75) is 34.6 Å². The Balaban J connectivity index is -0.000000431. The molecular formula is C25H32Cl2SSiZr-4. The van der Waals surface area contributed by atoms with Gasteiger partial charge in [-0.2, -0.15) is 22.5 Å². The number of benzene rings is 1. The topological polar surface area (TPSA) is 0 Å². The second kappa shape index (κ2) is 16.3. The van der Waals surface area contributed by atoms with Crippen molar-refractivity contribution in [2.24, 2.45) is 5.92 Å². The van der Waals surface area contributed by atoms with Gasteiger partial charge in [0, 0.05) is 0 Å². The van der Waals surface area contributed by atoms with Gasteiger partial charge < -0.3 is 14.9 Å². The average molecular weight is 555 g/mol. The number of rotatable bonds is 1. The van der Waals surface area contributed by atoms with Crippen molar-refractivity contribution in [2.75, 3.05) is 0 Å². The van der Waals surface area contributed by atoms with Gasteiger partial charge in [0.25, 0.3) is 0 Å². The van der Waals surface area contributed by atoms with Crippen LogP contribution in [0.2, 0.25) is 0 Å². The maximum atomic E-state index is 3.36. The van der Waals surface area contributed by atoms with E-state index in [0.29, 0.717) is 5.92 Å². The van der Waals surface area contributed by atoms with Crippen molar-refractivity contribution >= 4 is 53.8 Å². The summed E-state index contributed by atoms with van der Waals surface area (Å²) >= 11 is 3.17. The Morgan fingerprint density at radius 2 is 1.57 bits per heavy atom. The Morgan fingerprint density at radius 3 is 2.00 bits per heavy atom. The van der Waals surface area contributed by atoms with Crippen LogP contribution in [0, 0.1) is 33.8 Å². The van der Waals surface area contributed by atoms with Crippen molar-refractivity contribution in [1.29, 1.82) is 0 Å². The third-order valence-electron chi connectivity index (χ3n) is 5.00. The molecule has 2 aromatic carbocycles. The van der Waals surface area contributed by atoms with E-state index in [2.05, 4.69) is 95.4 Å². The standard InChI is InChI=1S/C14H11S.C9H13.2CH3.2ClH.Si.Zr/c1-10-9-11-5-2-3-6-12(11)14(10)13-7-4-8-15-13;1-6-5-7(2)9(4)8(6)3;;;;;;/h2-9H,1H3;6H,1-4H3;2*1H3;2*1H;;/q4*-1;;;;. The third kappa shape index (κ3) is 7.99. The summed E-state index contributed by atoms with van der Waals surface area (Å²) in [7, 11) is 0. The molecule has 1 aromatic heterocycles. The van der Waals surface area contributed by atoms with Crippen molar-refractivity contribution in [1.82, 2.24) is 0 Å². The molecule has 2 radical (unpaired) electrons. The molecule has 1 aliphatic rings. The molecule has 0 saturated heterocycles. The van der Waals surface area contributed by atoms with E-state index in [9.17, 15) is 0 Å². The van der Waals surface area contributed by atoms with Gasteiger partial charge in [0.2, 0.25) is 0 Å². The Labute approximate surface area is 217 Å². The van der Waals surface area contributed by atoms with E-state index in [0.717, 1.165) is 0 Å². The van der Waals surface area contributed by atoms with E-state index in [4.69, 9.17) is 0 Å². The predicted molar refractivity (Wildman–Crippen MR) is 141 cm³/mol. The molecule has 0 saturated carbocycles. The SMILES string of the molecule is CC1=[C-]C(C)C(C)=C1C.Cc1[cH-]c2ccccc2c1-c1cccs1.Cl.Cl.[CH3-].[CH3-].[Si]=[Zr]. The Morgan fingerprint density at radius 1 is 0.967 bits per heavy atom. The molecule has 164 valence electrons. The first kappa shape index (κ1) is 34.3. The van der Waals surface area contributed by atoms with Crippen LogP contribution >= 0.6 is 36.2 Å². The fourth-order valence-electron chi connectivity index (χ4n) is 3.28. The van der Waals surface area contributed by atoms with E-state index < -0.39 is 0 Å². The molecule has 0 amide bonds. The van der Waals surface area contributed by atoms with Gasteiger partial charge in [-0.05, 0) is 10.3 Å². The molecule has 0 spiro atoms. The minimum absolute atomic E-state index is 0. The summed E-state index contributed by atoms with van der Waals surface area (Å²) < 4.78 is 0. The van der Waals surface area contributed by atoms with Gasteiger partial charge in [-0.3, -0.25) is 6.08 Å². The molecule has 1 heterocycles. The Bertz CT molecular complexity index is 939. The van der Waals surface area contributed by atoms with Gasteiger partial charge >= 0.3 is 30.2 Å². The fraction of sp³-hybridized carbons (Fsp3) is 0.240. The van der Waals surface area contributed by atoms with Gasteiger partial charge in [0.05, 0.1) is 0 Å². The summed E-state index contributed by atoms with van der Waals surface area (Å²) in [5.41, 5.74) is 7.02. The molecule has 0 nitrogen and oxygen atoms in total. The van der Waals surface area contributed by atoms with E-state index in [1.807, 2.05) is 11.3 Å². The Kier molecular flexibility index (Phi) is 18.7. The number of halogens is 2. The Hall–Kier alpha value is -0.310. The molecule has 0 fully saturated rings. The number of hydrogen-bond donors (Lipinski definition) is 0. The minimum atomic E-state index is 0. The van der Waals surface area contributed by atoms with E-state index in [-0.39, 0.29) is 39.7 Å². The monoisotopic (exact) mass is 552 g/mol. The van der Waals surface area contributed by atoms with Crippen LogP contribution in [0.15, 0.2) is 64.6 Å². The number of fused-ring (bicyclic) bond motifs is 1. The molecular weight excluding hydrogens is 523 g/mol. The normalized spacial score (nSPS) is 13.7. The maximum absolute atomic E-state index is 3.36. The van der Waals surface area contributed by atoms with Crippen LogP contribution in [0.5, 0.6) is 0 Å². The summed E-state index contributed by atoms with van der Waals surface area (Å²) in [6.07, 6.45) is 3.36. The second-order valence-electron chi connectivity index (χ2n) is 6.57. The van der Waals surface area contributed by atoms with Crippen LogP contribution < -0.4 is 0 Å². The summed E-state index contributed by atoms with van der Waals surface area (Å²) in [6.45, 7) is 13.9. The zero-order chi connectivity index (χ0) is 19.3. The first-order valence-electron chi connectivity index (χ1n) is 8.70. The molecule has 5 heteroatoms. The van der Waals surface area contributed by atoms with Crippen LogP contribution in [-0.2, 0) is 23.3 Å². The fourth-order valence-corrected chi connectivity index (χ4v) is 4.13. The molecule has 4 rings (SSSR count). The first-order chi connectivity index (χ1) is 12.5. The molecule has 1 atom stereocenters. The zero-order valence-electron chi connectivity index (χ0n) is 18.9. The molecule has 0 bridgehead atoms. The van der Waals surface area contributed by atoms with Crippen LogP contribution in [0.25, 0.3) is 21.2 Å². The molecule has 1 unspecified atom stereocenters. The molecule has 0 aliphatic heterocycles. The van der Waals surface area contributed by atoms with Crippen LogP contribution in [-0.4, -0.2) is 6.88 Å². The van der Waals surface area contributed by atoms with E-state index in [1.165, 1.54) is 66.8 Å². The zero-order valence-corrected chi connectivity index (χ0v) is 24.8. The number of allylic oxidation sites excluding steroid dienone is 4. The van der Waals surface area contributed by atoms with Crippen LogP contribution in [0.3, 0.4) is 0 Å². The second-order valence-corrected chi connectivity index (χ2v) is 7.51. The summed E-state index contributed by atoms with van der Waals surface area (Å²) in [4.78, 5) is 1.37. The molecule has 30 heavy (non-hydrogen) atoms. The molecule has 0 N–H and O–H groups in total. The van der Waals surface area contributed by atoms with Crippen molar-refractivity contribution < 1.29 is 23.3 Å². The predicted octanol–water partition coefficient (Wildman–Crippen LogP) is 8.68. The van der Waals surface area contributed by atoms with E-state index in [1.54, 1.807) is 0 Å². The van der Waals surface area contributed by atoms with Gasteiger partial charge in [-0.25, -0.2) is 5.57 Å². The van der Waals surface area contributed by atoms with E-state index >= 15 is 0 Å². The average Bonchev–Trinajstić information content (AvgIpc) is 3.33. The van der Waals surface area contributed by atoms with Gasteiger partial charge in [0.15, 0.2) is 0 Å². The molecule has 3 aromatic rings. The summed E-state index contributed by atoms with van der Waals surface area (Å²) in [5, 5.41) is 4.85. The van der Waals surface area contributed by atoms with Crippen molar-refractivity contribution in [3.63, 3.8) is 0 Å². The number of hydrogen-bond acceptors (Lipinski definition) is 1. The van der Waals surface area contributed by atoms with Crippen molar-refractivity contribution in [3.8, 4) is 10.4 Å². The van der Waals surface area contributed by atoms with Crippen LogP contribution in [0.1, 0.15) is 33.3 Å². The van der Waals surface area contributed by atoms with Gasteiger partial charge in [-0.15, -0.1) is 77.9 Å². The summed E-state index contributed by atoms with van der Waals surface area (Å²) in [6, 6.07) is 15.2. The summed E-state index contributed by atoms with van der Waals surface area (Å²) in [5.74, 6) is 0.560. The first-order valence-corrected chi connectivity index (χ1v) is 13.8.